The van der Waals surface area contributed by atoms with E-state index in [1.54, 1.807) is 6.20 Å². The molecule has 3 heterocycles. The van der Waals surface area contributed by atoms with Gasteiger partial charge in [-0.15, -0.1) is 0 Å². The van der Waals surface area contributed by atoms with Crippen LogP contribution >= 0.6 is 0 Å². The Bertz CT molecular complexity index is 1340. The van der Waals surface area contributed by atoms with E-state index in [0.29, 0.717) is 0 Å². The van der Waals surface area contributed by atoms with E-state index in [9.17, 15) is 5.11 Å². The zero-order valence-corrected chi connectivity index (χ0v) is 16.0. The quantitative estimate of drug-likeness (QED) is 0.447. The van der Waals surface area contributed by atoms with Gasteiger partial charge in [0.15, 0.2) is 0 Å². The number of fused-ring (bicyclic) bond motifs is 1. The van der Waals surface area contributed by atoms with Gasteiger partial charge >= 0.3 is 0 Å². The molecule has 1 atom stereocenters. The van der Waals surface area contributed by atoms with Gasteiger partial charge in [0, 0.05) is 23.5 Å². The van der Waals surface area contributed by atoms with Gasteiger partial charge in [-0.1, -0.05) is 66.4 Å². The van der Waals surface area contributed by atoms with Crippen LogP contribution in [0, 0.1) is 11.8 Å². The maximum atomic E-state index is 10.4. The molecule has 0 saturated heterocycles. The molecular formula is C25H18N4O. The molecule has 5 nitrogen and oxygen atoms in total. The molecule has 0 aliphatic rings. The average Bonchev–Trinajstić information content (AvgIpc) is 3.49. The van der Waals surface area contributed by atoms with Crippen molar-refractivity contribution < 1.29 is 5.11 Å². The standard InChI is InChI=1S/C25H18N4O/c30-24(20-5-2-1-3-6-20)13-12-21-7-4-14-29-25(21)23(17-28-29)19-10-8-18(9-11-19)22-15-26-27-16-22/h1-11,14-17,24,30H,(H,26,27). The van der Waals surface area contributed by atoms with Crippen LogP contribution in [0.25, 0.3) is 27.8 Å². The Kier molecular flexibility index (Phi) is 4.60. The molecule has 0 spiro atoms. The van der Waals surface area contributed by atoms with Gasteiger partial charge in [-0.25, -0.2) is 4.52 Å². The van der Waals surface area contributed by atoms with Crippen LogP contribution < -0.4 is 0 Å². The number of nitrogens with zero attached hydrogens (tertiary/aromatic N) is 3. The van der Waals surface area contributed by atoms with Crippen molar-refractivity contribution in [2.75, 3.05) is 0 Å². The molecule has 5 aromatic rings. The van der Waals surface area contributed by atoms with E-state index in [2.05, 4.69) is 51.4 Å². The molecule has 144 valence electrons. The number of H-pyrrole nitrogens is 1. The van der Waals surface area contributed by atoms with Crippen LogP contribution in [-0.2, 0) is 0 Å². The van der Waals surface area contributed by atoms with Gasteiger partial charge in [-0.3, -0.25) is 5.10 Å². The third kappa shape index (κ3) is 3.37. The van der Waals surface area contributed by atoms with Crippen molar-refractivity contribution in [1.29, 1.82) is 0 Å². The maximum absolute atomic E-state index is 10.4. The maximum Gasteiger partial charge on any atom is 0.140 e. The lowest BCUT2D eigenvalue weighted by molar-refractivity contribution is 0.238. The Morgan fingerprint density at radius 3 is 2.43 bits per heavy atom. The number of aliphatic hydroxyl groups excluding tert-OH is 1. The van der Waals surface area contributed by atoms with Crippen molar-refractivity contribution in [3.63, 3.8) is 0 Å². The van der Waals surface area contributed by atoms with Gasteiger partial charge < -0.3 is 5.11 Å². The van der Waals surface area contributed by atoms with E-state index in [-0.39, 0.29) is 0 Å². The summed E-state index contributed by atoms with van der Waals surface area (Å²) in [4.78, 5) is 0. The summed E-state index contributed by atoms with van der Waals surface area (Å²) < 4.78 is 1.82. The summed E-state index contributed by atoms with van der Waals surface area (Å²) >= 11 is 0. The molecule has 0 aliphatic carbocycles. The first-order chi connectivity index (χ1) is 14.8. The SMILES string of the molecule is OC(C#Cc1cccn2ncc(-c3ccc(-c4cn[nH]c4)cc3)c12)c1ccccc1. The summed E-state index contributed by atoms with van der Waals surface area (Å²) in [6.07, 6.45) is 6.58. The molecule has 1 unspecified atom stereocenters. The first-order valence-electron chi connectivity index (χ1n) is 9.60. The fourth-order valence-corrected chi connectivity index (χ4v) is 3.47. The Hall–Kier alpha value is -4.14. The number of hydrogen-bond donors (Lipinski definition) is 2. The smallest absolute Gasteiger partial charge is 0.140 e. The molecule has 5 heteroatoms. The van der Waals surface area contributed by atoms with Crippen molar-refractivity contribution in [3.8, 4) is 34.1 Å². The second kappa shape index (κ2) is 7.70. The Morgan fingerprint density at radius 2 is 1.67 bits per heavy atom. The van der Waals surface area contributed by atoms with Crippen molar-refractivity contribution in [2.45, 2.75) is 6.10 Å². The number of pyridine rings is 1. The van der Waals surface area contributed by atoms with Gasteiger partial charge in [0.2, 0.25) is 0 Å². The number of aromatic amines is 1. The molecule has 0 amide bonds. The monoisotopic (exact) mass is 390 g/mol. The van der Waals surface area contributed by atoms with Gasteiger partial charge in [-0.2, -0.15) is 10.2 Å². The summed E-state index contributed by atoms with van der Waals surface area (Å²) in [5, 5.41) is 21.7. The Balaban J connectivity index is 1.53. The fourth-order valence-electron chi connectivity index (χ4n) is 3.47. The minimum absolute atomic E-state index is 0.778. The second-order valence-corrected chi connectivity index (χ2v) is 6.92. The summed E-state index contributed by atoms with van der Waals surface area (Å²) in [6.45, 7) is 0. The molecule has 0 fully saturated rings. The third-order valence-electron chi connectivity index (χ3n) is 5.03. The summed E-state index contributed by atoms with van der Waals surface area (Å²) in [5.41, 5.74) is 6.70. The van der Waals surface area contributed by atoms with Gasteiger partial charge in [0.25, 0.3) is 0 Å². The molecular weight excluding hydrogens is 372 g/mol. The minimum atomic E-state index is -0.841. The first-order valence-corrected chi connectivity index (χ1v) is 9.60. The lowest BCUT2D eigenvalue weighted by Crippen LogP contribution is -1.94. The number of rotatable bonds is 3. The van der Waals surface area contributed by atoms with Crippen molar-refractivity contribution >= 4 is 5.52 Å². The number of hydrogen-bond acceptors (Lipinski definition) is 3. The highest BCUT2D eigenvalue weighted by molar-refractivity contribution is 5.85. The van der Waals surface area contributed by atoms with Crippen LogP contribution in [0.1, 0.15) is 17.2 Å². The minimum Gasteiger partial charge on any atom is -0.376 e. The lowest BCUT2D eigenvalue weighted by atomic mass is 10.0. The Morgan fingerprint density at radius 1 is 0.867 bits per heavy atom. The normalized spacial score (nSPS) is 11.8. The largest absolute Gasteiger partial charge is 0.376 e. The van der Waals surface area contributed by atoms with Crippen LogP contribution in [0.3, 0.4) is 0 Å². The summed E-state index contributed by atoms with van der Waals surface area (Å²) in [7, 11) is 0. The lowest BCUT2D eigenvalue weighted by Gasteiger charge is -2.05. The van der Waals surface area contributed by atoms with Crippen LogP contribution in [0.5, 0.6) is 0 Å². The van der Waals surface area contributed by atoms with E-state index in [0.717, 1.165) is 38.9 Å². The highest BCUT2D eigenvalue weighted by Gasteiger charge is 2.11. The highest BCUT2D eigenvalue weighted by Crippen LogP contribution is 2.29. The van der Waals surface area contributed by atoms with Crippen LogP contribution in [0.15, 0.2) is 91.5 Å². The molecule has 5 rings (SSSR count). The average molecular weight is 390 g/mol. The topological polar surface area (TPSA) is 66.2 Å². The van der Waals surface area contributed by atoms with Crippen LogP contribution in [0.4, 0.5) is 0 Å². The van der Waals surface area contributed by atoms with E-state index in [1.165, 1.54) is 0 Å². The van der Waals surface area contributed by atoms with Gasteiger partial charge in [0.1, 0.15) is 6.10 Å². The fraction of sp³-hybridized carbons (Fsp3) is 0.0400. The predicted octanol–water partition coefficient (Wildman–Crippen LogP) is 4.48. The highest BCUT2D eigenvalue weighted by atomic mass is 16.3. The summed E-state index contributed by atoms with van der Waals surface area (Å²) in [6, 6.07) is 21.6. The molecule has 2 N–H and O–H groups in total. The van der Waals surface area contributed by atoms with Crippen molar-refractivity contribution in [2.24, 2.45) is 0 Å². The number of aliphatic hydroxyl groups is 1. The van der Waals surface area contributed by atoms with E-state index in [1.807, 2.05) is 65.6 Å². The molecule has 0 bridgehead atoms. The van der Waals surface area contributed by atoms with Crippen LogP contribution in [-0.4, -0.2) is 24.9 Å². The number of nitrogens with one attached hydrogen (secondary N) is 1. The van der Waals surface area contributed by atoms with Gasteiger partial charge in [-0.05, 0) is 28.8 Å². The third-order valence-corrected chi connectivity index (χ3v) is 5.03. The van der Waals surface area contributed by atoms with E-state index < -0.39 is 6.10 Å². The zero-order valence-electron chi connectivity index (χ0n) is 16.0. The number of benzene rings is 2. The zero-order chi connectivity index (χ0) is 20.3. The van der Waals surface area contributed by atoms with E-state index in [4.69, 9.17) is 0 Å². The molecule has 0 radical (unpaired) electrons. The van der Waals surface area contributed by atoms with Crippen molar-refractivity contribution in [1.82, 2.24) is 19.8 Å². The molecule has 0 saturated carbocycles. The van der Waals surface area contributed by atoms with Gasteiger partial charge in [0.05, 0.1) is 23.5 Å². The molecule has 2 aromatic carbocycles. The number of aromatic nitrogens is 4. The molecule has 0 aliphatic heterocycles. The Labute approximate surface area is 173 Å². The van der Waals surface area contributed by atoms with E-state index >= 15 is 0 Å². The second-order valence-electron chi connectivity index (χ2n) is 6.92. The first kappa shape index (κ1) is 17.9. The summed E-state index contributed by atoms with van der Waals surface area (Å²) in [5.74, 6) is 6.10. The van der Waals surface area contributed by atoms with Crippen LogP contribution in [0.2, 0.25) is 0 Å². The van der Waals surface area contributed by atoms with Crippen molar-refractivity contribution in [3.05, 3.63) is 103 Å². The molecule has 3 aromatic heterocycles. The molecule has 30 heavy (non-hydrogen) atoms. The predicted molar refractivity (Wildman–Crippen MR) is 116 cm³/mol.